The number of unbranched alkanes of at least 4 members (excludes halogenated alkanes) is 3. The van der Waals surface area contributed by atoms with Gasteiger partial charge >= 0.3 is 5.97 Å². The van der Waals surface area contributed by atoms with E-state index in [1.54, 1.807) is 96.9 Å². The number of aliphatic hydroxyl groups is 5. The Hall–Kier alpha value is -11.4. The predicted molar refractivity (Wildman–Crippen MR) is 520 cm³/mol. The summed E-state index contributed by atoms with van der Waals surface area (Å²) < 4.78 is 0. The first-order chi connectivity index (χ1) is 66.1. The van der Waals surface area contributed by atoms with Gasteiger partial charge in [-0.3, -0.25) is 91.1 Å². The van der Waals surface area contributed by atoms with Crippen LogP contribution in [0.25, 0.3) is 0 Å². The van der Waals surface area contributed by atoms with Crippen LogP contribution >= 0.6 is 0 Å². The zero-order valence-corrected chi connectivity index (χ0v) is 85.7. The SMILES string of the molecule is CC=C(NC(=O)C(NC(=O)C(CC(C)C)NC(=O)C(CCC(N)=O)NC(=O)C(NC(=O)C(NC(=O)C(CC(C)C)NC(=O)C(CO)NC(=O)C(NC(=O)C(CC(C)C)NC(=O)C(CO)NC(=O)C1CCCN1C(=O)C(=CC)NC(=O)CC(O)CCCCC)C(C)C)C(C)C)C(C)C)C(C)C)C(=O)NC(C(=O)NC(C(=O)NC(CCO)C(=O)NC(CCN)C(=O)NC(CCCCN)C(=O)O)C(C)CC)C(C)O. The molecule has 141 heavy (non-hydrogen) atoms. The second kappa shape index (κ2) is 65.6. The highest BCUT2D eigenvalue weighted by Crippen LogP contribution is 2.23. The predicted octanol–water partition coefficient (Wildman–Crippen LogP) is -4.00. The molecule has 0 aliphatic carbocycles. The second-order valence-electron chi connectivity index (χ2n) is 38.5. The summed E-state index contributed by atoms with van der Waals surface area (Å²) in [6, 6.07) is -24.2. The van der Waals surface area contributed by atoms with Crippen molar-refractivity contribution < 1.29 is 127 Å². The zero-order valence-electron chi connectivity index (χ0n) is 85.7. The number of nitrogens with zero attached hydrogens (tertiary/aromatic N) is 1. The maximum Gasteiger partial charge on any atom is 0.326 e. The van der Waals surface area contributed by atoms with Crippen molar-refractivity contribution in [2.24, 2.45) is 64.5 Å². The Balaban J connectivity index is 3.48. The van der Waals surface area contributed by atoms with Crippen molar-refractivity contribution in [2.75, 3.05) is 39.5 Å². The number of carboxylic acid groups (broad SMARTS) is 1. The van der Waals surface area contributed by atoms with E-state index in [4.69, 9.17) is 17.2 Å². The number of aliphatic hydroxyl groups excluding tert-OH is 5. The van der Waals surface area contributed by atoms with Crippen LogP contribution in [0.2, 0.25) is 0 Å². The number of carbonyl (C=O) groups is 20. The Morgan fingerprint density at radius 2 is 0.752 bits per heavy atom. The van der Waals surface area contributed by atoms with Crippen molar-refractivity contribution in [3.63, 3.8) is 0 Å². The fraction of sp³-hybridized carbons (Fsp3) is 0.745. The van der Waals surface area contributed by atoms with E-state index in [-0.39, 0.29) is 94.5 Å². The Bertz CT molecular complexity index is 4200. The van der Waals surface area contributed by atoms with Gasteiger partial charge in [0.1, 0.15) is 108 Å². The van der Waals surface area contributed by atoms with Crippen LogP contribution in [0.15, 0.2) is 23.5 Å². The molecule has 47 heteroatoms. The molecule has 0 spiro atoms. The van der Waals surface area contributed by atoms with E-state index in [1.807, 2.05) is 6.92 Å². The molecule has 0 aromatic heterocycles. The molecule has 0 saturated carbocycles. The standard InChI is InChI=1S/C94H165N21O26/c1-21-25-26-30-56(120)44-70(122)98-58(24-4)93(139)115-39-29-32-68(115)86(132)107-66(45-117)84(130)105-64(42-48(7)8)82(128)110-72(51(13)14)89(135)108-67(46-118)85(131)106-65(43-49(9)10)83(129)111-74(53(17)18)90(136)112-73(52(15)16)88(134)101-59(33-34-69(97)121)78(124)104-63(41-47(5)6)81(127)109-71(50(11)12)87(133)99-57(23-3)77(123)114-76(55(20)119)92(138)113-75(54(19)22-2)91(137)102-61(36-40-116)80(126)100-60(35-38-96)79(125)103-62(94(140)141)31-27-28-37-95/h23-24,47-56,59-68,71-76,116-120H,21-22,25-46,95-96H2,1-20H3,(H2,97,121)(H,98,122)(H,99,133)(H,100,126)(H,101,134)(H,102,137)(H,103,125)(H,104,124)(H,105,130)(H,106,131)(H,107,132)(H,108,135)(H,109,127)(H,110,128)(H,111,129)(H,112,136)(H,113,138)(H,114,123)(H,140,141). The summed E-state index contributed by atoms with van der Waals surface area (Å²) in [5, 5.41) is 105. The third-order valence-electron chi connectivity index (χ3n) is 23.5. The van der Waals surface area contributed by atoms with Crippen molar-refractivity contribution in [1.82, 2.24) is 95.3 Å². The fourth-order valence-corrected chi connectivity index (χ4v) is 15.1. The minimum absolute atomic E-state index is 0.0258. The van der Waals surface area contributed by atoms with E-state index >= 15 is 0 Å². The van der Waals surface area contributed by atoms with Crippen LogP contribution in [0.4, 0.5) is 0 Å². The molecule has 19 unspecified atom stereocenters. The number of nitrogens with two attached hydrogens (primary N) is 3. The van der Waals surface area contributed by atoms with Crippen molar-refractivity contribution in [3.05, 3.63) is 23.5 Å². The van der Waals surface area contributed by atoms with Gasteiger partial charge in [-0.15, -0.1) is 0 Å². The lowest BCUT2D eigenvalue weighted by molar-refractivity contribution is -0.142. The van der Waals surface area contributed by atoms with Gasteiger partial charge in [0.15, 0.2) is 0 Å². The molecule has 1 aliphatic rings. The summed E-state index contributed by atoms with van der Waals surface area (Å²) in [5.74, 6) is -24.1. The van der Waals surface area contributed by atoms with Gasteiger partial charge in [-0.25, -0.2) is 4.79 Å². The molecular formula is C94H165N21O26. The van der Waals surface area contributed by atoms with Gasteiger partial charge < -0.3 is 143 Å². The summed E-state index contributed by atoms with van der Waals surface area (Å²) in [6.45, 7) is 29.4. The molecule has 0 bridgehead atoms. The number of amides is 19. The Morgan fingerprint density at radius 1 is 0.383 bits per heavy atom. The average Bonchev–Trinajstić information content (AvgIpc) is 1.69. The molecule has 1 fully saturated rings. The number of aliphatic carboxylic acids is 1. The second-order valence-corrected chi connectivity index (χ2v) is 38.5. The van der Waals surface area contributed by atoms with Crippen LogP contribution < -0.4 is 108 Å². The summed E-state index contributed by atoms with van der Waals surface area (Å²) in [4.78, 5) is 279. The minimum Gasteiger partial charge on any atom is -0.480 e. The van der Waals surface area contributed by atoms with E-state index in [1.165, 1.54) is 38.7 Å². The molecule has 47 nitrogen and oxygen atoms in total. The van der Waals surface area contributed by atoms with Gasteiger partial charge in [0, 0.05) is 19.6 Å². The number of nitrogens with one attached hydrogen (secondary N) is 17. The number of hydrogen-bond donors (Lipinski definition) is 26. The lowest BCUT2D eigenvalue weighted by Gasteiger charge is -2.31. The van der Waals surface area contributed by atoms with E-state index in [2.05, 4.69) is 90.4 Å². The molecule has 19 amide bonds. The van der Waals surface area contributed by atoms with Crippen LogP contribution in [-0.2, 0) is 95.9 Å². The Kier molecular flexibility index (Phi) is 59.4. The van der Waals surface area contributed by atoms with Crippen LogP contribution in [0.5, 0.6) is 0 Å². The number of carbonyl (C=O) groups excluding carboxylic acids is 19. The van der Waals surface area contributed by atoms with E-state index in [0.29, 0.717) is 32.1 Å². The number of rotatable bonds is 67. The smallest absolute Gasteiger partial charge is 0.326 e. The first-order valence-corrected chi connectivity index (χ1v) is 49.0. The van der Waals surface area contributed by atoms with Gasteiger partial charge in [0.25, 0.3) is 11.8 Å². The van der Waals surface area contributed by atoms with Gasteiger partial charge in [0.05, 0.1) is 31.8 Å². The Labute approximate surface area is 826 Å². The molecular weight excluding hydrogens is 1840 g/mol. The molecule has 1 aliphatic heterocycles. The molecule has 0 aromatic rings. The highest BCUT2D eigenvalue weighted by molar-refractivity contribution is 6.05. The monoisotopic (exact) mass is 2000 g/mol. The maximum atomic E-state index is 14.6. The van der Waals surface area contributed by atoms with E-state index in [0.717, 1.165) is 25.8 Å². The largest absolute Gasteiger partial charge is 0.480 e. The lowest BCUT2D eigenvalue weighted by Crippen LogP contribution is -2.62. The molecule has 19 atom stereocenters. The maximum absolute atomic E-state index is 14.6. The third-order valence-corrected chi connectivity index (χ3v) is 23.5. The fourth-order valence-electron chi connectivity index (χ4n) is 15.1. The van der Waals surface area contributed by atoms with Crippen molar-refractivity contribution in [3.8, 4) is 0 Å². The van der Waals surface area contributed by atoms with Crippen molar-refractivity contribution in [1.29, 1.82) is 0 Å². The van der Waals surface area contributed by atoms with E-state index in [9.17, 15) is 127 Å². The summed E-state index contributed by atoms with van der Waals surface area (Å²) >= 11 is 0. The van der Waals surface area contributed by atoms with Crippen molar-refractivity contribution in [2.45, 2.75) is 363 Å². The number of primary amides is 1. The third kappa shape index (κ3) is 45.2. The molecule has 1 heterocycles. The first kappa shape index (κ1) is 128. The molecule has 1 rings (SSSR count). The summed E-state index contributed by atoms with van der Waals surface area (Å²) in [5.41, 5.74) is 16.2. The van der Waals surface area contributed by atoms with Crippen LogP contribution in [0.3, 0.4) is 0 Å². The van der Waals surface area contributed by atoms with Crippen LogP contribution in [0.1, 0.15) is 254 Å². The number of allylic oxidation sites excluding steroid dienone is 2. The molecule has 802 valence electrons. The Morgan fingerprint density at radius 3 is 1.15 bits per heavy atom. The molecule has 0 radical (unpaired) electrons. The summed E-state index contributed by atoms with van der Waals surface area (Å²) in [7, 11) is 0. The minimum atomic E-state index is -1.85. The number of hydrogen-bond acceptors (Lipinski definition) is 27. The van der Waals surface area contributed by atoms with Crippen LogP contribution in [-0.4, -0.2) is 302 Å². The van der Waals surface area contributed by atoms with Gasteiger partial charge in [-0.2, -0.15) is 0 Å². The van der Waals surface area contributed by atoms with Gasteiger partial charge in [0.2, 0.25) is 100 Å². The van der Waals surface area contributed by atoms with Gasteiger partial charge in [-0.05, 0) is 158 Å². The zero-order chi connectivity index (χ0) is 108. The first-order valence-electron chi connectivity index (χ1n) is 49.0. The molecule has 1 saturated heterocycles. The van der Waals surface area contributed by atoms with Crippen LogP contribution in [0, 0.1) is 47.3 Å². The average molecular weight is 2010 g/mol. The van der Waals surface area contributed by atoms with Crippen molar-refractivity contribution >= 4 is 118 Å². The quantitative estimate of drug-likeness (QED) is 0.0204. The normalized spacial score (nSPS) is 16.7. The topological polar surface area (TPSA) is 749 Å². The number of carboxylic acids is 1. The highest BCUT2D eigenvalue weighted by Gasteiger charge is 2.44. The molecule has 29 N–H and O–H groups in total. The highest BCUT2D eigenvalue weighted by atomic mass is 16.4. The summed E-state index contributed by atoms with van der Waals surface area (Å²) in [6.07, 6.45) is 2.27. The molecule has 0 aromatic carbocycles. The van der Waals surface area contributed by atoms with Gasteiger partial charge in [-0.1, -0.05) is 156 Å². The number of likely N-dealkylation sites (tertiary alicyclic amines) is 1. The van der Waals surface area contributed by atoms with E-state index < -0.39 is 301 Å². The lowest BCUT2D eigenvalue weighted by atomic mass is 9.97.